The van der Waals surface area contributed by atoms with E-state index < -0.39 is 11.6 Å². The van der Waals surface area contributed by atoms with Gasteiger partial charge in [0.05, 0.1) is 12.5 Å². The van der Waals surface area contributed by atoms with Crippen molar-refractivity contribution in [3.63, 3.8) is 0 Å². The zero-order valence-corrected chi connectivity index (χ0v) is 10.8. The number of nitriles is 1. The van der Waals surface area contributed by atoms with Crippen molar-refractivity contribution in [1.82, 2.24) is 0 Å². The van der Waals surface area contributed by atoms with E-state index >= 15 is 0 Å². The highest BCUT2D eigenvalue weighted by molar-refractivity contribution is 7.99. The number of hydrogen-bond acceptors (Lipinski definition) is 2. The van der Waals surface area contributed by atoms with Gasteiger partial charge in [-0.05, 0) is 23.8 Å². The molecule has 0 amide bonds. The molecule has 1 nitrogen and oxygen atoms in total. The molecule has 0 fully saturated rings. The number of hydrogen-bond donors (Lipinski definition) is 0. The summed E-state index contributed by atoms with van der Waals surface area (Å²) in [5.74, 6) is -0.946. The van der Waals surface area contributed by atoms with Gasteiger partial charge in [-0.3, -0.25) is 0 Å². The Morgan fingerprint density at radius 3 is 2.53 bits per heavy atom. The highest BCUT2D eigenvalue weighted by Gasteiger charge is 2.15. The molecular formula is C15H11F2NS. The van der Waals surface area contributed by atoms with Crippen LogP contribution < -0.4 is 0 Å². The van der Waals surface area contributed by atoms with Crippen molar-refractivity contribution in [2.24, 2.45) is 0 Å². The molecule has 4 heteroatoms. The molecule has 0 saturated carbocycles. The van der Waals surface area contributed by atoms with Gasteiger partial charge in [-0.1, -0.05) is 30.3 Å². The van der Waals surface area contributed by atoms with Gasteiger partial charge in [-0.25, -0.2) is 8.78 Å². The highest BCUT2D eigenvalue weighted by atomic mass is 32.2. The van der Waals surface area contributed by atoms with Gasteiger partial charge >= 0.3 is 0 Å². The minimum Gasteiger partial charge on any atom is -0.207 e. The second-order valence-electron chi connectivity index (χ2n) is 3.95. The molecule has 2 aromatic rings. The normalized spacial score (nSPS) is 11.8. The molecule has 0 aliphatic carbocycles. The monoisotopic (exact) mass is 275 g/mol. The lowest BCUT2D eigenvalue weighted by Gasteiger charge is -2.14. The molecule has 0 spiro atoms. The summed E-state index contributed by atoms with van der Waals surface area (Å²) in [6.45, 7) is 0. The van der Waals surface area contributed by atoms with Crippen LogP contribution in [-0.4, -0.2) is 0 Å². The average Bonchev–Trinajstić information content (AvgIpc) is 2.43. The molecule has 0 heterocycles. The van der Waals surface area contributed by atoms with Crippen LogP contribution in [0.4, 0.5) is 8.78 Å². The molecule has 0 aliphatic heterocycles. The van der Waals surface area contributed by atoms with Crippen LogP contribution in [0.1, 0.15) is 17.2 Å². The van der Waals surface area contributed by atoms with Gasteiger partial charge in [0, 0.05) is 10.1 Å². The van der Waals surface area contributed by atoms with Crippen molar-refractivity contribution in [2.45, 2.75) is 16.6 Å². The largest absolute Gasteiger partial charge is 0.207 e. The van der Waals surface area contributed by atoms with Gasteiger partial charge in [0.1, 0.15) is 11.6 Å². The summed E-state index contributed by atoms with van der Waals surface area (Å²) < 4.78 is 26.8. The third-order valence-electron chi connectivity index (χ3n) is 2.61. The lowest BCUT2D eigenvalue weighted by Crippen LogP contribution is -1.94. The summed E-state index contributed by atoms with van der Waals surface area (Å²) in [6, 6.07) is 14.8. The number of benzene rings is 2. The smallest absolute Gasteiger partial charge is 0.136 e. The second-order valence-corrected chi connectivity index (χ2v) is 5.20. The Balaban J connectivity index is 2.27. The Morgan fingerprint density at radius 2 is 1.84 bits per heavy atom. The van der Waals surface area contributed by atoms with Crippen LogP contribution in [0.3, 0.4) is 0 Å². The Hall–Kier alpha value is -1.86. The van der Waals surface area contributed by atoms with Gasteiger partial charge in [0.25, 0.3) is 0 Å². The van der Waals surface area contributed by atoms with E-state index in [9.17, 15) is 8.78 Å². The van der Waals surface area contributed by atoms with Crippen molar-refractivity contribution in [2.75, 3.05) is 0 Å². The summed E-state index contributed by atoms with van der Waals surface area (Å²) in [5.41, 5.74) is 0.928. The van der Waals surface area contributed by atoms with Gasteiger partial charge in [-0.15, -0.1) is 11.8 Å². The van der Waals surface area contributed by atoms with Crippen molar-refractivity contribution >= 4 is 11.8 Å². The fourth-order valence-electron chi connectivity index (χ4n) is 1.70. The Labute approximate surface area is 114 Å². The predicted octanol–water partition coefficient (Wildman–Crippen LogP) is 4.71. The molecule has 0 aromatic heterocycles. The third kappa shape index (κ3) is 3.55. The summed E-state index contributed by atoms with van der Waals surface area (Å²) in [6.07, 6.45) is 0.241. The summed E-state index contributed by atoms with van der Waals surface area (Å²) in [5, 5.41) is 8.66. The topological polar surface area (TPSA) is 23.8 Å². The van der Waals surface area contributed by atoms with E-state index in [1.807, 2.05) is 30.3 Å². The van der Waals surface area contributed by atoms with Crippen molar-refractivity contribution in [3.8, 4) is 6.07 Å². The molecule has 0 N–H and O–H groups in total. The molecular weight excluding hydrogens is 264 g/mol. The maximum absolute atomic E-state index is 13.6. The summed E-state index contributed by atoms with van der Waals surface area (Å²) in [7, 11) is 0. The van der Waals surface area contributed by atoms with Crippen LogP contribution >= 0.6 is 11.8 Å². The fraction of sp³-hybridized carbons (Fsp3) is 0.133. The minimum atomic E-state index is -0.479. The first-order valence-electron chi connectivity index (χ1n) is 5.74. The minimum absolute atomic E-state index is 0.206. The molecule has 2 rings (SSSR count). The average molecular weight is 275 g/mol. The molecule has 1 atom stereocenters. The van der Waals surface area contributed by atoms with E-state index in [2.05, 4.69) is 6.07 Å². The maximum Gasteiger partial charge on any atom is 0.136 e. The third-order valence-corrected chi connectivity index (χ3v) is 3.90. The fourth-order valence-corrected chi connectivity index (χ4v) is 2.82. The molecule has 0 saturated heterocycles. The van der Waals surface area contributed by atoms with Crippen LogP contribution in [0.15, 0.2) is 53.4 Å². The van der Waals surface area contributed by atoms with E-state index in [0.717, 1.165) is 23.8 Å². The van der Waals surface area contributed by atoms with Gasteiger partial charge in [0.15, 0.2) is 0 Å². The van der Waals surface area contributed by atoms with E-state index in [-0.39, 0.29) is 16.6 Å². The Morgan fingerprint density at radius 1 is 1.11 bits per heavy atom. The number of halogens is 2. The van der Waals surface area contributed by atoms with Crippen LogP contribution in [0.2, 0.25) is 0 Å². The van der Waals surface area contributed by atoms with Crippen LogP contribution in [-0.2, 0) is 0 Å². The first kappa shape index (κ1) is 13.6. The summed E-state index contributed by atoms with van der Waals surface area (Å²) in [4.78, 5) is 0.226. The first-order valence-corrected chi connectivity index (χ1v) is 6.62. The van der Waals surface area contributed by atoms with Crippen LogP contribution in [0.25, 0.3) is 0 Å². The van der Waals surface area contributed by atoms with Gasteiger partial charge in [0.2, 0.25) is 0 Å². The van der Waals surface area contributed by atoms with E-state index in [1.54, 1.807) is 0 Å². The summed E-state index contributed by atoms with van der Waals surface area (Å²) >= 11 is 1.17. The molecule has 0 aliphatic rings. The molecule has 0 radical (unpaired) electrons. The van der Waals surface area contributed by atoms with E-state index in [0.29, 0.717) is 0 Å². The lowest BCUT2D eigenvalue weighted by atomic mass is 10.1. The quantitative estimate of drug-likeness (QED) is 0.754. The van der Waals surface area contributed by atoms with Crippen LogP contribution in [0.5, 0.6) is 0 Å². The van der Waals surface area contributed by atoms with Gasteiger partial charge in [-0.2, -0.15) is 5.26 Å². The van der Waals surface area contributed by atoms with Crippen molar-refractivity contribution in [1.29, 1.82) is 5.26 Å². The maximum atomic E-state index is 13.6. The van der Waals surface area contributed by atoms with E-state index in [1.165, 1.54) is 11.8 Å². The lowest BCUT2D eigenvalue weighted by molar-refractivity contribution is 0.576. The van der Waals surface area contributed by atoms with E-state index in [4.69, 9.17) is 5.26 Å². The predicted molar refractivity (Wildman–Crippen MR) is 71.6 cm³/mol. The van der Waals surface area contributed by atoms with Crippen LogP contribution in [0, 0.1) is 23.0 Å². The Kier molecular flexibility index (Phi) is 4.53. The molecule has 96 valence electrons. The molecule has 19 heavy (non-hydrogen) atoms. The highest BCUT2D eigenvalue weighted by Crippen LogP contribution is 2.38. The zero-order chi connectivity index (χ0) is 13.7. The molecule has 0 bridgehead atoms. The Bertz CT molecular complexity index is 593. The first-order chi connectivity index (χ1) is 9.20. The zero-order valence-electron chi connectivity index (χ0n) is 10.0. The number of nitrogens with zero attached hydrogens (tertiary/aromatic N) is 1. The standard InChI is InChI=1S/C15H11F2NS/c16-12-6-7-13(17)15(10-12)19-14(8-9-18)11-4-2-1-3-5-11/h1-7,10,14H,8H2. The van der Waals surface area contributed by atoms with Crippen molar-refractivity contribution in [3.05, 3.63) is 65.7 Å². The number of rotatable bonds is 4. The second kappa shape index (κ2) is 6.35. The van der Waals surface area contributed by atoms with Gasteiger partial charge < -0.3 is 0 Å². The number of thioether (sulfide) groups is 1. The molecule has 2 aromatic carbocycles. The SMILES string of the molecule is N#CCC(Sc1cc(F)ccc1F)c1ccccc1. The molecule has 1 unspecified atom stereocenters. The van der Waals surface area contributed by atoms with Crippen molar-refractivity contribution < 1.29 is 8.78 Å².